The molecule has 1 fully saturated rings. The molecule has 1 aromatic carbocycles. The maximum Gasteiger partial charge on any atom is 0.295 e. The van der Waals surface area contributed by atoms with Crippen LogP contribution in [0.15, 0.2) is 41.8 Å². The van der Waals surface area contributed by atoms with Crippen LogP contribution in [0.4, 0.5) is 0 Å². The third-order valence-corrected chi connectivity index (χ3v) is 7.68. The van der Waals surface area contributed by atoms with E-state index in [-0.39, 0.29) is 11.8 Å². The summed E-state index contributed by atoms with van der Waals surface area (Å²) in [6, 6.07) is 11.1. The second-order valence-corrected chi connectivity index (χ2v) is 9.37. The SMILES string of the molecule is O=C(C(=O)N1CCC(CNC(=O)c2sc3ccccc3c2Cl)CC1)c1cccs1. The van der Waals surface area contributed by atoms with Gasteiger partial charge in [-0.05, 0) is 36.3 Å². The molecule has 5 nitrogen and oxygen atoms in total. The first kappa shape index (κ1) is 20.1. The molecular formula is C21H19ClN2O3S2. The molecule has 150 valence electrons. The van der Waals surface area contributed by atoms with E-state index in [0.717, 1.165) is 22.9 Å². The highest BCUT2D eigenvalue weighted by atomic mass is 35.5. The number of likely N-dealkylation sites (tertiary alicyclic amines) is 1. The van der Waals surface area contributed by atoms with E-state index in [0.29, 0.717) is 34.4 Å². The molecule has 1 saturated heterocycles. The first-order valence-corrected chi connectivity index (χ1v) is 11.4. The number of carbonyl (C=O) groups excluding carboxylic acids is 3. The van der Waals surface area contributed by atoms with E-state index in [1.165, 1.54) is 22.7 Å². The number of ketones is 1. The first-order chi connectivity index (χ1) is 14.0. The molecule has 0 unspecified atom stereocenters. The lowest BCUT2D eigenvalue weighted by molar-refractivity contribution is -0.127. The number of hydrogen-bond donors (Lipinski definition) is 1. The van der Waals surface area contributed by atoms with Crippen LogP contribution in [-0.4, -0.2) is 42.1 Å². The molecule has 29 heavy (non-hydrogen) atoms. The van der Waals surface area contributed by atoms with Gasteiger partial charge in [0.2, 0.25) is 0 Å². The second kappa shape index (κ2) is 8.65. The molecule has 0 radical (unpaired) electrons. The summed E-state index contributed by atoms with van der Waals surface area (Å²) in [5, 5.41) is 6.16. The van der Waals surface area contributed by atoms with Crippen molar-refractivity contribution in [3.63, 3.8) is 0 Å². The van der Waals surface area contributed by atoms with Gasteiger partial charge in [0.1, 0.15) is 4.88 Å². The van der Waals surface area contributed by atoms with Crippen LogP contribution in [0.3, 0.4) is 0 Å². The van der Waals surface area contributed by atoms with Gasteiger partial charge in [0.25, 0.3) is 17.6 Å². The highest BCUT2D eigenvalue weighted by molar-refractivity contribution is 7.21. The molecule has 3 heterocycles. The predicted molar refractivity (Wildman–Crippen MR) is 117 cm³/mol. The van der Waals surface area contributed by atoms with Crippen molar-refractivity contribution in [1.29, 1.82) is 0 Å². The molecule has 1 aliphatic heterocycles. The fraction of sp³-hybridized carbons (Fsp3) is 0.286. The zero-order valence-corrected chi connectivity index (χ0v) is 17.9. The third-order valence-electron chi connectivity index (χ3n) is 5.13. The number of fused-ring (bicyclic) bond motifs is 1. The van der Waals surface area contributed by atoms with E-state index < -0.39 is 11.7 Å². The lowest BCUT2D eigenvalue weighted by Gasteiger charge is -2.31. The smallest absolute Gasteiger partial charge is 0.295 e. The number of thiophene rings is 2. The van der Waals surface area contributed by atoms with E-state index in [9.17, 15) is 14.4 Å². The Bertz CT molecular complexity index is 1050. The molecule has 0 bridgehead atoms. The van der Waals surface area contributed by atoms with Gasteiger partial charge in [-0.25, -0.2) is 0 Å². The number of nitrogens with zero attached hydrogens (tertiary/aromatic N) is 1. The zero-order chi connectivity index (χ0) is 20.4. The summed E-state index contributed by atoms with van der Waals surface area (Å²) in [6.07, 6.45) is 1.51. The fourth-order valence-electron chi connectivity index (χ4n) is 3.47. The number of nitrogens with one attached hydrogen (secondary N) is 1. The molecule has 0 atom stereocenters. The summed E-state index contributed by atoms with van der Waals surface area (Å²) in [7, 11) is 0. The number of halogens is 1. The number of rotatable bonds is 5. The summed E-state index contributed by atoms with van der Waals surface area (Å²) >= 11 is 9.05. The van der Waals surface area contributed by atoms with Crippen LogP contribution in [0, 0.1) is 5.92 Å². The van der Waals surface area contributed by atoms with Gasteiger partial charge in [0.05, 0.1) is 9.90 Å². The quantitative estimate of drug-likeness (QED) is 0.464. The Hall–Kier alpha value is -2.22. The zero-order valence-electron chi connectivity index (χ0n) is 15.5. The van der Waals surface area contributed by atoms with Crippen molar-refractivity contribution in [2.75, 3.05) is 19.6 Å². The van der Waals surface area contributed by atoms with E-state index >= 15 is 0 Å². The Morgan fingerprint density at radius 2 is 1.86 bits per heavy atom. The lowest BCUT2D eigenvalue weighted by atomic mass is 9.96. The average Bonchev–Trinajstić information content (AvgIpc) is 3.40. The van der Waals surface area contributed by atoms with Gasteiger partial charge < -0.3 is 10.2 Å². The van der Waals surface area contributed by atoms with Crippen molar-refractivity contribution in [2.45, 2.75) is 12.8 Å². The number of amides is 2. The minimum Gasteiger partial charge on any atom is -0.351 e. The van der Waals surface area contributed by atoms with Crippen LogP contribution in [0.2, 0.25) is 5.02 Å². The summed E-state index contributed by atoms with van der Waals surface area (Å²) in [6.45, 7) is 1.59. The standard InChI is InChI=1S/C21H19ClN2O3S2/c22-17-14-4-1-2-5-15(14)29-19(17)20(26)23-12-13-7-9-24(10-8-13)21(27)18(25)16-6-3-11-28-16/h1-6,11,13H,7-10,12H2,(H,23,26). The summed E-state index contributed by atoms with van der Waals surface area (Å²) in [4.78, 5) is 39.8. The van der Waals surface area contributed by atoms with Gasteiger partial charge in [-0.1, -0.05) is 35.9 Å². The van der Waals surface area contributed by atoms with Crippen molar-refractivity contribution >= 4 is 62.0 Å². The third kappa shape index (κ3) is 4.22. The van der Waals surface area contributed by atoms with Gasteiger partial charge >= 0.3 is 0 Å². The van der Waals surface area contributed by atoms with E-state index in [4.69, 9.17) is 11.6 Å². The van der Waals surface area contributed by atoms with Crippen LogP contribution in [-0.2, 0) is 4.79 Å². The molecule has 3 aromatic rings. The molecule has 1 aliphatic rings. The number of Topliss-reactive ketones (excluding diaryl/α,β-unsaturated/α-hetero) is 1. The van der Waals surface area contributed by atoms with Crippen molar-refractivity contribution in [3.8, 4) is 0 Å². The highest BCUT2D eigenvalue weighted by Gasteiger charge is 2.28. The summed E-state index contributed by atoms with van der Waals surface area (Å²) in [5.74, 6) is -0.770. The minimum atomic E-state index is -0.439. The minimum absolute atomic E-state index is 0.164. The van der Waals surface area contributed by atoms with Crippen LogP contribution < -0.4 is 5.32 Å². The molecule has 8 heteroatoms. The topological polar surface area (TPSA) is 66.5 Å². The van der Waals surface area contributed by atoms with Crippen molar-refractivity contribution in [3.05, 3.63) is 56.6 Å². The first-order valence-electron chi connectivity index (χ1n) is 9.37. The number of hydrogen-bond acceptors (Lipinski definition) is 5. The van der Waals surface area contributed by atoms with Crippen LogP contribution in [0.25, 0.3) is 10.1 Å². The monoisotopic (exact) mass is 446 g/mol. The maximum absolute atomic E-state index is 12.6. The molecule has 2 aromatic heterocycles. The molecule has 1 N–H and O–H groups in total. The maximum atomic E-state index is 12.6. The van der Waals surface area contributed by atoms with Gasteiger partial charge in [0.15, 0.2) is 0 Å². The van der Waals surface area contributed by atoms with E-state index in [1.54, 1.807) is 22.4 Å². The Balaban J connectivity index is 1.29. The van der Waals surface area contributed by atoms with Crippen LogP contribution >= 0.6 is 34.3 Å². The second-order valence-electron chi connectivity index (χ2n) is 6.99. The van der Waals surface area contributed by atoms with E-state index in [2.05, 4.69) is 5.32 Å². The average molecular weight is 447 g/mol. The van der Waals surface area contributed by atoms with Gasteiger partial charge in [-0.2, -0.15) is 0 Å². The summed E-state index contributed by atoms with van der Waals surface area (Å²) < 4.78 is 0.991. The Morgan fingerprint density at radius 1 is 1.10 bits per heavy atom. The van der Waals surface area contributed by atoms with Crippen molar-refractivity contribution in [1.82, 2.24) is 10.2 Å². The molecule has 0 aliphatic carbocycles. The Morgan fingerprint density at radius 3 is 2.55 bits per heavy atom. The summed E-state index contributed by atoms with van der Waals surface area (Å²) in [5.41, 5.74) is 0. The normalized spacial score (nSPS) is 14.9. The number of carbonyl (C=O) groups is 3. The fourth-order valence-corrected chi connectivity index (χ4v) is 5.56. The number of benzene rings is 1. The molecular weight excluding hydrogens is 428 g/mol. The largest absolute Gasteiger partial charge is 0.351 e. The van der Waals surface area contributed by atoms with E-state index in [1.807, 2.05) is 24.3 Å². The lowest BCUT2D eigenvalue weighted by Crippen LogP contribution is -2.44. The molecule has 2 amide bonds. The Kier molecular flexibility index (Phi) is 5.99. The van der Waals surface area contributed by atoms with Crippen LogP contribution in [0.5, 0.6) is 0 Å². The molecule has 0 spiro atoms. The molecule has 0 saturated carbocycles. The predicted octanol–water partition coefficient (Wildman–Crippen LogP) is 4.47. The van der Waals surface area contributed by atoms with Gasteiger partial charge in [0, 0.05) is 29.7 Å². The van der Waals surface area contributed by atoms with Gasteiger partial charge in [-0.15, -0.1) is 22.7 Å². The van der Waals surface area contributed by atoms with Crippen molar-refractivity contribution in [2.24, 2.45) is 5.92 Å². The highest BCUT2D eigenvalue weighted by Crippen LogP contribution is 2.35. The number of piperidine rings is 1. The molecule has 4 rings (SSSR count). The van der Waals surface area contributed by atoms with Gasteiger partial charge in [-0.3, -0.25) is 14.4 Å². The Labute approximate surface area is 181 Å². The van der Waals surface area contributed by atoms with Crippen molar-refractivity contribution < 1.29 is 14.4 Å². The van der Waals surface area contributed by atoms with Crippen LogP contribution in [0.1, 0.15) is 32.2 Å².